The summed E-state index contributed by atoms with van der Waals surface area (Å²) in [5.74, 6) is -0.237. The summed E-state index contributed by atoms with van der Waals surface area (Å²) in [5.41, 5.74) is 4.37. The number of hydrogen-bond acceptors (Lipinski definition) is 4. The third-order valence-corrected chi connectivity index (χ3v) is 7.44. The van der Waals surface area contributed by atoms with E-state index in [0.717, 1.165) is 27.6 Å². The average Bonchev–Trinajstić information content (AvgIpc) is 3.19. The molecule has 0 radical (unpaired) electrons. The van der Waals surface area contributed by atoms with Crippen LogP contribution in [0.2, 0.25) is 0 Å². The number of carbonyl (C=O) groups excluding carboxylic acids is 2. The van der Waals surface area contributed by atoms with Gasteiger partial charge in [0.25, 0.3) is 5.91 Å². The number of amides is 3. The SMILES string of the molecule is CC(C)NC(=O)N(C)C[C@H]1OCc2ccccc2-c2c(n(C)c3ccccc23)C(=O)N([C@H](C)CO)C[C@@H]1C. The van der Waals surface area contributed by atoms with Crippen LogP contribution in [0.3, 0.4) is 0 Å². The number of aromatic nitrogens is 1. The molecule has 1 aromatic heterocycles. The topological polar surface area (TPSA) is 87.0 Å². The molecular formula is C30H40N4O4. The summed E-state index contributed by atoms with van der Waals surface area (Å²) >= 11 is 0. The number of benzene rings is 2. The smallest absolute Gasteiger partial charge is 0.317 e. The fourth-order valence-corrected chi connectivity index (χ4v) is 5.24. The first-order valence-electron chi connectivity index (χ1n) is 13.3. The molecule has 2 N–H and O–H groups in total. The molecule has 0 saturated heterocycles. The monoisotopic (exact) mass is 520 g/mol. The lowest BCUT2D eigenvalue weighted by molar-refractivity contribution is -0.0185. The van der Waals surface area contributed by atoms with E-state index in [4.69, 9.17) is 4.74 Å². The van der Waals surface area contributed by atoms with Gasteiger partial charge in [-0.1, -0.05) is 49.4 Å². The maximum atomic E-state index is 14.3. The molecule has 3 atom stereocenters. The van der Waals surface area contributed by atoms with Crippen LogP contribution in [0.1, 0.15) is 43.7 Å². The highest BCUT2D eigenvalue weighted by Crippen LogP contribution is 2.38. The van der Waals surface area contributed by atoms with E-state index in [1.807, 2.05) is 87.8 Å². The molecule has 8 nitrogen and oxygen atoms in total. The zero-order valence-corrected chi connectivity index (χ0v) is 23.3. The normalized spacial score (nSPS) is 19.1. The van der Waals surface area contributed by atoms with Crippen molar-refractivity contribution in [3.05, 3.63) is 59.8 Å². The van der Waals surface area contributed by atoms with Crippen molar-refractivity contribution < 1.29 is 19.4 Å². The van der Waals surface area contributed by atoms with Crippen molar-refractivity contribution in [3.8, 4) is 11.1 Å². The summed E-state index contributed by atoms with van der Waals surface area (Å²) in [4.78, 5) is 30.4. The molecule has 0 bridgehead atoms. The Hall–Kier alpha value is -3.36. The third-order valence-electron chi connectivity index (χ3n) is 7.44. The number of nitrogens with zero attached hydrogens (tertiary/aromatic N) is 3. The Morgan fingerprint density at radius 3 is 2.55 bits per heavy atom. The molecule has 2 heterocycles. The van der Waals surface area contributed by atoms with Gasteiger partial charge in [0.05, 0.1) is 25.4 Å². The number of aliphatic hydroxyl groups is 1. The standard InChI is InChI=1S/C30H40N4O4/c1-19(2)31-30(37)32(5)16-26-20(3)15-34(21(4)17-35)29(36)28-27(23-12-8-7-11-22(23)18-38-26)24-13-9-10-14-25(24)33(28)6/h7-14,19-21,26,35H,15-18H2,1-6H3,(H,31,37)/t20-,21+,26+/m0/s1. The maximum Gasteiger partial charge on any atom is 0.317 e. The number of nitrogens with one attached hydrogen (secondary N) is 1. The van der Waals surface area contributed by atoms with Gasteiger partial charge >= 0.3 is 6.03 Å². The van der Waals surface area contributed by atoms with Crippen molar-refractivity contribution in [2.75, 3.05) is 26.7 Å². The van der Waals surface area contributed by atoms with Gasteiger partial charge in [-0.25, -0.2) is 4.79 Å². The van der Waals surface area contributed by atoms with Crippen LogP contribution in [0.5, 0.6) is 0 Å². The highest BCUT2D eigenvalue weighted by Gasteiger charge is 2.34. The number of ether oxygens (including phenoxy) is 1. The molecule has 38 heavy (non-hydrogen) atoms. The van der Waals surface area contributed by atoms with Gasteiger partial charge < -0.3 is 29.5 Å². The summed E-state index contributed by atoms with van der Waals surface area (Å²) in [6.07, 6.45) is -0.329. The van der Waals surface area contributed by atoms with E-state index >= 15 is 0 Å². The zero-order valence-electron chi connectivity index (χ0n) is 23.3. The quantitative estimate of drug-likeness (QED) is 0.527. The summed E-state index contributed by atoms with van der Waals surface area (Å²) in [7, 11) is 3.68. The minimum atomic E-state index is -0.394. The molecule has 1 aliphatic heterocycles. The lowest BCUT2D eigenvalue weighted by Crippen LogP contribution is -2.49. The largest absolute Gasteiger partial charge is 0.394 e. The molecule has 0 saturated carbocycles. The van der Waals surface area contributed by atoms with Gasteiger partial charge in [-0.2, -0.15) is 0 Å². The predicted octanol–water partition coefficient (Wildman–Crippen LogP) is 4.25. The van der Waals surface area contributed by atoms with Crippen molar-refractivity contribution in [2.24, 2.45) is 13.0 Å². The molecule has 3 aromatic rings. The van der Waals surface area contributed by atoms with Crippen molar-refractivity contribution in [2.45, 2.75) is 52.5 Å². The first kappa shape index (κ1) is 27.7. The van der Waals surface area contributed by atoms with Crippen LogP contribution in [0.15, 0.2) is 48.5 Å². The Morgan fingerprint density at radius 1 is 1.16 bits per heavy atom. The molecular weight excluding hydrogens is 480 g/mol. The molecule has 0 aliphatic carbocycles. The number of rotatable bonds is 5. The van der Waals surface area contributed by atoms with Gasteiger partial charge in [0.2, 0.25) is 0 Å². The summed E-state index contributed by atoms with van der Waals surface area (Å²) in [6.45, 7) is 8.68. The maximum absolute atomic E-state index is 14.3. The fraction of sp³-hybridized carbons (Fsp3) is 0.467. The molecule has 8 heteroatoms. The van der Waals surface area contributed by atoms with Crippen LogP contribution < -0.4 is 5.32 Å². The van der Waals surface area contributed by atoms with E-state index in [1.165, 1.54) is 0 Å². The van der Waals surface area contributed by atoms with Crippen LogP contribution in [0, 0.1) is 5.92 Å². The second kappa shape index (κ2) is 11.6. The van der Waals surface area contributed by atoms with Crippen LogP contribution in [0.25, 0.3) is 22.0 Å². The molecule has 4 rings (SSSR count). The number of fused-ring (bicyclic) bond motifs is 5. The van der Waals surface area contributed by atoms with Crippen molar-refractivity contribution in [1.82, 2.24) is 19.7 Å². The lowest BCUT2D eigenvalue weighted by Gasteiger charge is -2.35. The first-order chi connectivity index (χ1) is 18.1. The predicted molar refractivity (Wildman–Crippen MR) is 150 cm³/mol. The minimum absolute atomic E-state index is 0.0228. The van der Waals surface area contributed by atoms with Gasteiger partial charge in [-0.05, 0) is 38.0 Å². The molecule has 0 spiro atoms. The van der Waals surface area contributed by atoms with Gasteiger partial charge in [-0.15, -0.1) is 0 Å². The van der Waals surface area contributed by atoms with E-state index in [-0.39, 0.29) is 36.6 Å². The second-order valence-electron chi connectivity index (χ2n) is 10.8. The summed E-state index contributed by atoms with van der Waals surface area (Å²) < 4.78 is 8.50. The van der Waals surface area contributed by atoms with Gasteiger partial charge in [-0.3, -0.25) is 4.79 Å². The molecule has 3 amide bonds. The zero-order chi connectivity index (χ0) is 27.6. The number of aliphatic hydroxyl groups excluding tert-OH is 1. The van der Waals surface area contributed by atoms with E-state index in [1.54, 1.807) is 16.8 Å². The second-order valence-corrected chi connectivity index (χ2v) is 10.8. The van der Waals surface area contributed by atoms with Crippen LogP contribution in [0.4, 0.5) is 4.79 Å². The minimum Gasteiger partial charge on any atom is -0.394 e. The number of hydrogen-bond donors (Lipinski definition) is 2. The van der Waals surface area contributed by atoms with Gasteiger partial charge in [0, 0.05) is 55.6 Å². The number of likely N-dealkylation sites (N-methyl/N-ethyl adjacent to an activating group) is 1. The summed E-state index contributed by atoms with van der Waals surface area (Å²) in [5, 5.41) is 14.0. The molecule has 0 unspecified atom stereocenters. The van der Waals surface area contributed by atoms with Gasteiger partial charge in [0.1, 0.15) is 5.69 Å². The Labute approximate surface area is 225 Å². The first-order valence-corrected chi connectivity index (χ1v) is 13.3. The number of carbonyl (C=O) groups is 2. The van der Waals surface area contributed by atoms with Crippen LogP contribution in [-0.4, -0.2) is 76.3 Å². The molecule has 1 aliphatic rings. The number of aryl methyl sites for hydroxylation is 1. The Bertz CT molecular complexity index is 1300. The summed E-state index contributed by atoms with van der Waals surface area (Å²) in [6, 6.07) is 15.5. The van der Waals surface area contributed by atoms with Crippen molar-refractivity contribution in [3.63, 3.8) is 0 Å². The lowest BCUT2D eigenvalue weighted by atomic mass is 9.96. The van der Waals surface area contributed by atoms with E-state index in [9.17, 15) is 14.7 Å². The molecule has 2 aromatic carbocycles. The Morgan fingerprint density at radius 2 is 1.84 bits per heavy atom. The number of para-hydroxylation sites is 1. The average molecular weight is 521 g/mol. The van der Waals surface area contributed by atoms with Gasteiger partial charge in [0.15, 0.2) is 0 Å². The van der Waals surface area contributed by atoms with Crippen LogP contribution in [-0.2, 0) is 18.4 Å². The molecule has 0 fully saturated rings. The Kier molecular flexibility index (Phi) is 8.43. The van der Waals surface area contributed by atoms with E-state index in [0.29, 0.717) is 25.4 Å². The van der Waals surface area contributed by atoms with Crippen LogP contribution >= 0.6 is 0 Å². The third kappa shape index (κ3) is 5.42. The Balaban J connectivity index is 1.84. The fourth-order valence-electron chi connectivity index (χ4n) is 5.24. The highest BCUT2D eigenvalue weighted by atomic mass is 16.5. The van der Waals surface area contributed by atoms with E-state index < -0.39 is 6.04 Å². The highest BCUT2D eigenvalue weighted by molar-refractivity contribution is 6.10. The van der Waals surface area contributed by atoms with Crippen molar-refractivity contribution in [1.29, 1.82) is 0 Å². The number of urea groups is 1. The van der Waals surface area contributed by atoms with E-state index in [2.05, 4.69) is 5.32 Å². The molecule has 204 valence electrons. The van der Waals surface area contributed by atoms with Crippen molar-refractivity contribution >= 4 is 22.8 Å².